The number of nitrogens with zero attached hydrogens (tertiary/aromatic N) is 1. The Morgan fingerprint density at radius 3 is 2.80 bits per heavy atom. The minimum absolute atomic E-state index is 0.0666. The van der Waals surface area contributed by atoms with E-state index in [0.29, 0.717) is 5.69 Å². The van der Waals surface area contributed by atoms with Crippen molar-refractivity contribution in [3.8, 4) is 11.3 Å². The zero-order valence-corrected chi connectivity index (χ0v) is 15.2. The van der Waals surface area contributed by atoms with Gasteiger partial charge in [-0.3, -0.25) is 9.89 Å². The molecule has 25 heavy (non-hydrogen) atoms. The molecule has 1 heterocycles. The molecule has 1 aliphatic carbocycles. The molecule has 3 aromatic rings. The van der Waals surface area contributed by atoms with Crippen molar-refractivity contribution >= 4 is 21.8 Å². The average Bonchev–Trinajstić information content (AvgIpc) is 3.13. The second-order valence-electron chi connectivity index (χ2n) is 6.29. The van der Waals surface area contributed by atoms with Crippen LogP contribution in [0.4, 0.5) is 0 Å². The lowest BCUT2D eigenvalue weighted by Crippen LogP contribution is -2.31. The predicted octanol–water partition coefficient (Wildman–Crippen LogP) is 4.65. The Labute approximate surface area is 154 Å². The van der Waals surface area contributed by atoms with E-state index in [1.54, 1.807) is 6.07 Å². The second-order valence-corrected chi connectivity index (χ2v) is 7.21. The number of carbonyl (C=O) groups excluding carboxylic acids is 1. The van der Waals surface area contributed by atoms with Crippen molar-refractivity contribution in [1.29, 1.82) is 0 Å². The molecule has 126 valence electrons. The molecule has 4 rings (SSSR count). The second kappa shape index (κ2) is 6.84. The Hall–Kier alpha value is -2.40. The molecule has 0 bridgehead atoms. The quantitative estimate of drug-likeness (QED) is 0.677. The van der Waals surface area contributed by atoms with E-state index < -0.39 is 0 Å². The molecule has 0 saturated heterocycles. The Morgan fingerprint density at radius 1 is 1.16 bits per heavy atom. The summed E-state index contributed by atoms with van der Waals surface area (Å²) in [6.07, 6.45) is 3.14. The van der Waals surface area contributed by atoms with E-state index in [1.165, 1.54) is 11.1 Å². The number of hydrogen-bond donors (Lipinski definition) is 2. The Balaban J connectivity index is 1.52. The van der Waals surface area contributed by atoms with Crippen LogP contribution in [0.5, 0.6) is 0 Å². The van der Waals surface area contributed by atoms with Gasteiger partial charge in [-0.25, -0.2) is 0 Å². The van der Waals surface area contributed by atoms with E-state index in [0.717, 1.165) is 35.0 Å². The summed E-state index contributed by atoms with van der Waals surface area (Å²) in [6, 6.07) is 18.1. The molecule has 0 fully saturated rings. The first-order valence-electron chi connectivity index (χ1n) is 8.41. The van der Waals surface area contributed by atoms with Gasteiger partial charge in [-0.1, -0.05) is 52.3 Å². The molecule has 0 aliphatic heterocycles. The van der Waals surface area contributed by atoms with Gasteiger partial charge in [0.25, 0.3) is 5.91 Å². The predicted molar refractivity (Wildman–Crippen MR) is 101 cm³/mol. The molecular formula is C20H18BrN3O. The van der Waals surface area contributed by atoms with Crippen LogP contribution in [-0.4, -0.2) is 16.1 Å². The summed E-state index contributed by atoms with van der Waals surface area (Å²) in [7, 11) is 0. The van der Waals surface area contributed by atoms with Crippen LogP contribution < -0.4 is 5.32 Å². The van der Waals surface area contributed by atoms with Crippen molar-refractivity contribution in [2.45, 2.75) is 25.3 Å². The topological polar surface area (TPSA) is 57.8 Å². The third-order valence-electron chi connectivity index (χ3n) is 4.64. The molecule has 2 N–H and O–H groups in total. The van der Waals surface area contributed by atoms with Gasteiger partial charge in [0.05, 0.1) is 11.7 Å². The number of H-pyrrole nitrogens is 1. The van der Waals surface area contributed by atoms with Crippen molar-refractivity contribution in [1.82, 2.24) is 15.5 Å². The largest absolute Gasteiger partial charge is 0.344 e. The van der Waals surface area contributed by atoms with E-state index in [9.17, 15) is 4.79 Å². The number of benzene rings is 2. The van der Waals surface area contributed by atoms with Crippen LogP contribution in [0, 0.1) is 0 Å². The van der Waals surface area contributed by atoms with Crippen LogP contribution in [0.1, 0.15) is 40.5 Å². The molecule has 0 saturated carbocycles. The maximum absolute atomic E-state index is 12.6. The number of halogens is 1. The van der Waals surface area contributed by atoms with Crippen molar-refractivity contribution in [2.24, 2.45) is 0 Å². The molecule has 0 radical (unpaired) electrons. The van der Waals surface area contributed by atoms with Gasteiger partial charge in [0.1, 0.15) is 5.69 Å². The smallest absolute Gasteiger partial charge is 0.269 e. The molecule has 1 aromatic heterocycles. The van der Waals surface area contributed by atoms with E-state index >= 15 is 0 Å². The SMILES string of the molecule is O=C(N[C@@H]1CCCc2ccccc21)c1cc(-c2ccc(Br)cc2)n[nH]1. The van der Waals surface area contributed by atoms with E-state index in [1.807, 2.05) is 30.3 Å². The van der Waals surface area contributed by atoms with Gasteiger partial charge in [-0.2, -0.15) is 5.10 Å². The van der Waals surface area contributed by atoms with Gasteiger partial charge in [0.15, 0.2) is 0 Å². The van der Waals surface area contributed by atoms with Gasteiger partial charge >= 0.3 is 0 Å². The van der Waals surface area contributed by atoms with Gasteiger partial charge in [0.2, 0.25) is 0 Å². The molecule has 1 aliphatic rings. The lowest BCUT2D eigenvalue weighted by Gasteiger charge is -2.26. The molecule has 0 unspecified atom stereocenters. The number of carbonyl (C=O) groups is 1. The van der Waals surface area contributed by atoms with Crippen molar-refractivity contribution in [2.75, 3.05) is 0 Å². The fourth-order valence-corrected chi connectivity index (χ4v) is 3.61. The summed E-state index contributed by atoms with van der Waals surface area (Å²) in [5, 5.41) is 10.3. The van der Waals surface area contributed by atoms with Gasteiger partial charge < -0.3 is 5.32 Å². The minimum atomic E-state index is -0.113. The van der Waals surface area contributed by atoms with Crippen LogP contribution in [0.15, 0.2) is 59.1 Å². The highest BCUT2D eigenvalue weighted by molar-refractivity contribution is 9.10. The Kier molecular flexibility index (Phi) is 4.40. The number of amides is 1. The van der Waals surface area contributed by atoms with E-state index in [-0.39, 0.29) is 11.9 Å². The van der Waals surface area contributed by atoms with Gasteiger partial charge in [0, 0.05) is 10.0 Å². The number of aromatic amines is 1. The summed E-state index contributed by atoms with van der Waals surface area (Å²) < 4.78 is 1.01. The molecular weight excluding hydrogens is 378 g/mol. The minimum Gasteiger partial charge on any atom is -0.344 e. The first-order chi connectivity index (χ1) is 12.2. The zero-order valence-electron chi connectivity index (χ0n) is 13.6. The number of nitrogens with one attached hydrogen (secondary N) is 2. The highest BCUT2D eigenvalue weighted by atomic mass is 79.9. The summed E-state index contributed by atoms with van der Waals surface area (Å²) in [5.74, 6) is -0.113. The van der Waals surface area contributed by atoms with Crippen LogP contribution in [0.3, 0.4) is 0 Å². The van der Waals surface area contributed by atoms with Crippen LogP contribution in [0.2, 0.25) is 0 Å². The molecule has 1 amide bonds. The molecule has 2 aromatic carbocycles. The van der Waals surface area contributed by atoms with Crippen LogP contribution >= 0.6 is 15.9 Å². The number of aryl methyl sites for hydroxylation is 1. The first-order valence-corrected chi connectivity index (χ1v) is 9.20. The summed E-state index contributed by atoms with van der Waals surface area (Å²) in [4.78, 5) is 12.6. The molecule has 1 atom stereocenters. The van der Waals surface area contributed by atoms with E-state index in [2.05, 4.69) is 49.6 Å². The first kappa shape index (κ1) is 16.1. The third-order valence-corrected chi connectivity index (χ3v) is 5.17. The number of fused-ring (bicyclic) bond motifs is 1. The standard InChI is InChI=1S/C20H18BrN3O/c21-15-10-8-14(9-11-15)18-12-19(24-23-18)20(25)22-17-7-3-5-13-4-1-2-6-16(13)17/h1-2,4,6,8-12,17H,3,5,7H2,(H,22,25)(H,23,24)/t17-/m1/s1. The maximum atomic E-state index is 12.6. The number of aromatic nitrogens is 2. The highest BCUT2D eigenvalue weighted by Crippen LogP contribution is 2.29. The summed E-state index contributed by atoms with van der Waals surface area (Å²) >= 11 is 3.42. The zero-order chi connectivity index (χ0) is 17.2. The number of rotatable bonds is 3. The fourth-order valence-electron chi connectivity index (χ4n) is 3.35. The van der Waals surface area contributed by atoms with Crippen LogP contribution in [-0.2, 0) is 6.42 Å². The normalized spacial score (nSPS) is 16.3. The van der Waals surface area contributed by atoms with Crippen LogP contribution in [0.25, 0.3) is 11.3 Å². The average molecular weight is 396 g/mol. The number of hydrogen-bond acceptors (Lipinski definition) is 2. The molecule has 4 nitrogen and oxygen atoms in total. The maximum Gasteiger partial charge on any atom is 0.269 e. The Morgan fingerprint density at radius 2 is 1.96 bits per heavy atom. The van der Waals surface area contributed by atoms with Crippen molar-refractivity contribution in [3.63, 3.8) is 0 Å². The molecule has 0 spiro atoms. The monoisotopic (exact) mass is 395 g/mol. The summed E-state index contributed by atoms with van der Waals surface area (Å²) in [6.45, 7) is 0. The van der Waals surface area contributed by atoms with Crippen molar-refractivity contribution < 1.29 is 4.79 Å². The highest BCUT2D eigenvalue weighted by Gasteiger charge is 2.22. The molecule has 5 heteroatoms. The Bertz CT molecular complexity index is 901. The fraction of sp³-hybridized carbons (Fsp3) is 0.200. The lowest BCUT2D eigenvalue weighted by molar-refractivity contribution is 0.0927. The van der Waals surface area contributed by atoms with Gasteiger partial charge in [-0.15, -0.1) is 0 Å². The van der Waals surface area contributed by atoms with Crippen molar-refractivity contribution in [3.05, 3.63) is 75.9 Å². The van der Waals surface area contributed by atoms with Gasteiger partial charge in [-0.05, 0) is 48.6 Å². The summed E-state index contributed by atoms with van der Waals surface area (Å²) in [5.41, 5.74) is 4.79. The van der Waals surface area contributed by atoms with E-state index in [4.69, 9.17) is 0 Å². The third kappa shape index (κ3) is 3.37. The lowest BCUT2D eigenvalue weighted by atomic mass is 9.87.